The van der Waals surface area contributed by atoms with E-state index < -0.39 is 0 Å². The molecule has 72 valence electrons. The lowest BCUT2D eigenvalue weighted by atomic mass is 10.2. The fraction of sp³-hybridized carbons (Fsp3) is 1.00. The quantitative estimate of drug-likeness (QED) is 0.625. The molecule has 0 aliphatic heterocycles. The van der Waals surface area contributed by atoms with Crippen molar-refractivity contribution in [3.05, 3.63) is 0 Å². The zero-order valence-corrected chi connectivity index (χ0v) is 7.92. The van der Waals surface area contributed by atoms with Gasteiger partial charge in [-0.3, -0.25) is 0 Å². The van der Waals surface area contributed by atoms with Crippen molar-refractivity contribution in [3.8, 4) is 0 Å². The lowest BCUT2D eigenvalue weighted by Gasteiger charge is -2.16. The molecule has 2 atom stereocenters. The first kappa shape index (κ1) is 9.96. The lowest BCUT2D eigenvalue weighted by Crippen LogP contribution is -2.36. The molecule has 1 rings (SSSR count). The zero-order chi connectivity index (χ0) is 8.97. The molecular weight excluding hydrogens is 154 g/mol. The molecule has 0 bridgehead atoms. The van der Waals surface area contributed by atoms with E-state index in [4.69, 9.17) is 4.84 Å². The first-order valence-electron chi connectivity index (χ1n) is 4.75. The largest absolute Gasteiger partial charge is 0.391 e. The number of rotatable bonds is 4. The Kier molecular flexibility index (Phi) is 3.98. The summed E-state index contributed by atoms with van der Waals surface area (Å²) in [5.74, 6) is 0.538. The minimum atomic E-state index is -0.211. The minimum Gasteiger partial charge on any atom is -0.391 e. The van der Waals surface area contributed by atoms with Crippen LogP contribution in [0.5, 0.6) is 0 Å². The fourth-order valence-electron chi connectivity index (χ4n) is 1.40. The highest BCUT2D eigenvalue weighted by Gasteiger charge is 2.24. The molecule has 1 saturated carbocycles. The number of hydrogen-bond donors (Lipinski definition) is 2. The molecule has 2 unspecified atom stereocenters. The van der Waals surface area contributed by atoms with Crippen molar-refractivity contribution in [1.29, 1.82) is 0 Å². The number of nitrogens with one attached hydrogen (secondary N) is 1. The molecule has 1 aliphatic rings. The summed E-state index contributed by atoms with van der Waals surface area (Å²) in [6, 6.07) is 0.156. The molecule has 0 saturated heterocycles. The van der Waals surface area contributed by atoms with Crippen LogP contribution in [-0.4, -0.2) is 23.9 Å². The Balaban J connectivity index is 2.06. The van der Waals surface area contributed by atoms with E-state index in [1.54, 1.807) is 0 Å². The molecule has 2 N–H and O–H groups in total. The van der Waals surface area contributed by atoms with Crippen LogP contribution in [0.25, 0.3) is 0 Å². The second kappa shape index (κ2) is 4.80. The summed E-state index contributed by atoms with van der Waals surface area (Å²) in [5, 5.41) is 9.41. The van der Waals surface area contributed by atoms with Gasteiger partial charge < -0.3 is 9.94 Å². The summed E-state index contributed by atoms with van der Waals surface area (Å²) < 4.78 is 0. The standard InChI is InChI=1S/C9H19NO2/c1-7(2)6-12-10-8-4-3-5-9(8)11/h7-11H,3-6H2,1-2H3. The van der Waals surface area contributed by atoms with Crippen LogP contribution >= 0.6 is 0 Å². The third-order valence-corrected chi connectivity index (χ3v) is 2.13. The Hall–Kier alpha value is -0.120. The van der Waals surface area contributed by atoms with E-state index in [9.17, 15) is 5.11 Å². The maximum Gasteiger partial charge on any atom is 0.0716 e. The average molecular weight is 173 g/mol. The van der Waals surface area contributed by atoms with E-state index in [-0.39, 0.29) is 12.1 Å². The van der Waals surface area contributed by atoms with Gasteiger partial charge in [-0.05, 0) is 25.2 Å². The maximum atomic E-state index is 9.41. The highest BCUT2D eigenvalue weighted by molar-refractivity contribution is 4.79. The van der Waals surface area contributed by atoms with Crippen molar-refractivity contribution in [2.45, 2.75) is 45.3 Å². The van der Waals surface area contributed by atoms with Gasteiger partial charge in [-0.25, -0.2) is 0 Å². The minimum absolute atomic E-state index is 0.156. The van der Waals surface area contributed by atoms with Crippen LogP contribution in [0.2, 0.25) is 0 Å². The third kappa shape index (κ3) is 3.09. The Bertz CT molecular complexity index is 128. The van der Waals surface area contributed by atoms with Crippen molar-refractivity contribution in [2.24, 2.45) is 5.92 Å². The van der Waals surface area contributed by atoms with Crippen molar-refractivity contribution in [3.63, 3.8) is 0 Å². The fourth-order valence-corrected chi connectivity index (χ4v) is 1.40. The molecule has 0 amide bonds. The summed E-state index contributed by atoms with van der Waals surface area (Å²) in [6.45, 7) is 4.92. The molecule has 0 spiro atoms. The van der Waals surface area contributed by atoms with Crippen LogP contribution in [0, 0.1) is 5.92 Å². The highest BCUT2D eigenvalue weighted by Crippen LogP contribution is 2.18. The number of aliphatic hydroxyl groups excluding tert-OH is 1. The molecule has 3 heteroatoms. The van der Waals surface area contributed by atoms with Crippen molar-refractivity contribution in [2.75, 3.05) is 6.61 Å². The molecule has 3 nitrogen and oxygen atoms in total. The van der Waals surface area contributed by atoms with Crippen LogP contribution < -0.4 is 5.48 Å². The van der Waals surface area contributed by atoms with E-state index in [0.717, 1.165) is 19.3 Å². The van der Waals surface area contributed by atoms with E-state index in [0.29, 0.717) is 12.5 Å². The zero-order valence-electron chi connectivity index (χ0n) is 7.92. The van der Waals surface area contributed by atoms with Gasteiger partial charge in [0.05, 0.1) is 18.8 Å². The van der Waals surface area contributed by atoms with Gasteiger partial charge in [-0.15, -0.1) is 0 Å². The summed E-state index contributed by atoms with van der Waals surface area (Å²) >= 11 is 0. The predicted octanol–water partition coefficient (Wildman–Crippen LogP) is 1.08. The predicted molar refractivity (Wildman–Crippen MR) is 47.6 cm³/mol. The van der Waals surface area contributed by atoms with Gasteiger partial charge >= 0.3 is 0 Å². The van der Waals surface area contributed by atoms with Crippen molar-refractivity contribution >= 4 is 0 Å². The smallest absolute Gasteiger partial charge is 0.0716 e. The average Bonchev–Trinajstić information content (AvgIpc) is 2.36. The van der Waals surface area contributed by atoms with Gasteiger partial charge in [-0.1, -0.05) is 13.8 Å². The molecule has 0 aromatic heterocycles. The summed E-state index contributed by atoms with van der Waals surface area (Å²) in [7, 11) is 0. The second-order valence-electron chi connectivity index (χ2n) is 3.93. The van der Waals surface area contributed by atoms with Crippen LogP contribution in [0.15, 0.2) is 0 Å². The van der Waals surface area contributed by atoms with Gasteiger partial charge in [0.25, 0.3) is 0 Å². The van der Waals surface area contributed by atoms with Gasteiger partial charge in [0.15, 0.2) is 0 Å². The van der Waals surface area contributed by atoms with Crippen LogP contribution in [-0.2, 0) is 4.84 Å². The molecule has 1 fully saturated rings. The molecule has 1 aliphatic carbocycles. The third-order valence-electron chi connectivity index (χ3n) is 2.13. The van der Waals surface area contributed by atoms with E-state index in [1.165, 1.54) is 0 Å². The monoisotopic (exact) mass is 173 g/mol. The first-order valence-corrected chi connectivity index (χ1v) is 4.75. The Morgan fingerprint density at radius 2 is 2.25 bits per heavy atom. The van der Waals surface area contributed by atoms with Crippen LogP contribution in [0.1, 0.15) is 33.1 Å². The summed E-state index contributed by atoms with van der Waals surface area (Å²) in [6.07, 6.45) is 2.82. The molecule has 12 heavy (non-hydrogen) atoms. The number of hydrogen-bond acceptors (Lipinski definition) is 3. The van der Waals surface area contributed by atoms with Crippen molar-refractivity contribution in [1.82, 2.24) is 5.48 Å². The Morgan fingerprint density at radius 3 is 2.75 bits per heavy atom. The van der Waals surface area contributed by atoms with E-state index >= 15 is 0 Å². The van der Waals surface area contributed by atoms with E-state index in [1.807, 2.05) is 0 Å². The van der Waals surface area contributed by atoms with Gasteiger partial charge in [0.1, 0.15) is 0 Å². The summed E-state index contributed by atoms with van der Waals surface area (Å²) in [4.78, 5) is 5.24. The van der Waals surface area contributed by atoms with Crippen LogP contribution in [0.3, 0.4) is 0 Å². The van der Waals surface area contributed by atoms with Gasteiger partial charge in [0.2, 0.25) is 0 Å². The molecule has 0 heterocycles. The number of hydroxylamine groups is 1. The number of aliphatic hydroxyl groups is 1. The topological polar surface area (TPSA) is 41.5 Å². The van der Waals surface area contributed by atoms with Crippen LogP contribution in [0.4, 0.5) is 0 Å². The molecular formula is C9H19NO2. The molecule has 0 radical (unpaired) electrons. The maximum absolute atomic E-state index is 9.41. The highest BCUT2D eigenvalue weighted by atomic mass is 16.6. The Morgan fingerprint density at radius 1 is 1.50 bits per heavy atom. The van der Waals surface area contributed by atoms with E-state index in [2.05, 4.69) is 19.3 Å². The van der Waals surface area contributed by atoms with Crippen molar-refractivity contribution < 1.29 is 9.94 Å². The summed E-state index contributed by atoms with van der Waals surface area (Å²) in [5.41, 5.74) is 2.91. The molecule has 0 aromatic carbocycles. The second-order valence-corrected chi connectivity index (χ2v) is 3.93. The first-order chi connectivity index (χ1) is 5.70. The Labute approximate surface area is 74.1 Å². The van der Waals surface area contributed by atoms with Gasteiger partial charge in [0, 0.05) is 0 Å². The molecule has 0 aromatic rings. The lowest BCUT2D eigenvalue weighted by molar-refractivity contribution is -0.0241. The van der Waals surface area contributed by atoms with Gasteiger partial charge in [-0.2, -0.15) is 5.48 Å². The normalized spacial score (nSPS) is 30.0. The SMILES string of the molecule is CC(C)CONC1CCCC1O.